The van der Waals surface area contributed by atoms with Crippen LogP contribution in [0.2, 0.25) is 0 Å². The van der Waals surface area contributed by atoms with Crippen molar-refractivity contribution in [1.29, 1.82) is 0 Å². The third-order valence-electron chi connectivity index (χ3n) is 7.77. The molecule has 1 heterocycles. The van der Waals surface area contributed by atoms with Crippen LogP contribution in [0.15, 0.2) is 18.7 Å². The molecule has 2 nitrogen and oxygen atoms in total. The Morgan fingerprint density at radius 3 is 2.23 bits per heavy atom. The number of rotatable bonds is 6. The minimum atomic E-state index is -0.909. The number of ether oxygens (including phenoxy) is 2. The van der Waals surface area contributed by atoms with E-state index in [4.69, 9.17) is 9.47 Å². The van der Waals surface area contributed by atoms with Gasteiger partial charge in [-0.2, -0.15) is 8.78 Å². The first-order valence-electron chi connectivity index (χ1n) is 12.0. The lowest BCUT2D eigenvalue weighted by Crippen LogP contribution is -2.27. The second kappa shape index (κ2) is 9.70. The van der Waals surface area contributed by atoms with Gasteiger partial charge in [-0.05, 0) is 107 Å². The highest BCUT2D eigenvalue weighted by molar-refractivity contribution is 5.44. The number of halogens is 2. The van der Waals surface area contributed by atoms with Crippen LogP contribution in [0.1, 0.15) is 76.7 Å². The lowest BCUT2D eigenvalue weighted by atomic mass is 9.69. The van der Waals surface area contributed by atoms with E-state index in [1.807, 2.05) is 6.92 Å². The minimum Gasteiger partial charge on any atom is -0.490 e. The molecular formula is C26H36F2O2. The number of hydrogen-bond donors (Lipinski definition) is 0. The molecule has 0 spiro atoms. The van der Waals surface area contributed by atoms with Crippen molar-refractivity contribution in [2.75, 3.05) is 6.61 Å². The van der Waals surface area contributed by atoms with E-state index in [9.17, 15) is 8.78 Å². The van der Waals surface area contributed by atoms with Gasteiger partial charge in [0.15, 0.2) is 11.5 Å². The Morgan fingerprint density at radius 2 is 1.60 bits per heavy atom. The molecule has 0 aromatic heterocycles. The van der Waals surface area contributed by atoms with Crippen LogP contribution in [0.4, 0.5) is 8.78 Å². The Bertz CT molecular complexity index is 731. The lowest BCUT2D eigenvalue weighted by molar-refractivity contribution is 0.121. The maximum Gasteiger partial charge on any atom is 0.204 e. The average Bonchev–Trinajstić information content (AvgIpc) is 2.77. The predicted molar refractivity (Wildman–Crippen MR) is 116 cm³/mol. The molecule has 0 saturated heterocycles. The zero-order valence-corrected chi connectivity index (χ0v) is 18.3. The molecule has 1 atom stereocenters. The van der Waals surface area contributed by atoms with Gasteiger partial charge in [-0.25, -0.2) is 0 Å². The van der Waals surface area contributed by atoms with E-state index in [1.165, 1.54) is 44.9 Å². The number of fused-ring (bicyclic) bond motifs is 1. The summed E-state index contributed by atoms with van der Waals surface area (Å²) in [5, 5.41) is 0. The van der Waals surface area contributed by atoms with E-state index in [-0.39, 0.29) is 17.6 Å². The fraction of sp³-hybridized carbons (Fsp3) is 0.692. The summed E-state index contributed by atoms with van der Waals surface area (Å²) >= 11 is 0. The van der Waals surface area contributed by atoms with Gasteiger partial charge in [0.2, 0.25) is 11.6 Å². The van der Waals surface area contributed by atoms with E-state index in [1.54, 1.807) is 6.07 Å². The minimum absolute atomic E-state index is 0.0482. The van der Waals surface area contributed by atoms with E-state index in [0.29, 0.717) is 18.9 Å². The Labute approximate surface area is 180 Å². The van der Waals surface area contributed by atoms with Crippen molar-refractivity contribution in [2.45, 2.75) is 83.7 Å². The van der Waals surface area contributed by atoms with Gasteiger partial charge >= 0.3 is 0 Å². The summed E-state index contributed by atoms with van der Waals surface area (Å²) in [6.07, 6.45) is 14.9. The van der Waals surface area contributed by atoms with E-state index < -0.39 is 11.6 Å². The number of benzene rings is 1. The molecule has 3 aliphatic rings. The second-order valence-corrected chi connectivity index (χ2v) is 9.86. The maximum absolute atomic E-state index is 14.5. The molecule has 1 unspecified atom stereocenters. The topological polar surface area (TPSA) is 18.5 Å². The Balaban J connectivity index is 1.26. The Kier molecular flexibility index (Phi) is 7.00. The van der Waals surface area contributed by atoms with E-state index in [2.05, 4.69) is 12.7 Å². The first-order valence-corrected chi connectivity index (χ1v) is 12.0. The maximum atomic E-state index is 14.5. The van der Waals surface area contributed by atoms with Crippen molar-refractivity contribution < 1.29 is 18.3 Å². The van der Waals surface area contributed by atoms with Crippen molar-refractivity contribution >= 4 is 0 Å². The first kappa shape index (κ1) is 21.6. The van der Waals surface area contributed by atoms with Gasteiger partial charge < -0.3 is 9.47 Å². The average molecular weight is 419 g/mol. The van der Waals surface area contributed by atoms with Gasteiger partial charge in [0.25, 0.3) is 0 Å². The third kappa shape index (κ3) is 4.84. The fourth-order valence-electron chi connectivity index (χ4n) is 5.84. The molecule has 4 rings (SSSR count). The molecule has 4 heteroatoms. The highest BCUT2D eigenvalue weighted by Crippen LogP contribution is 2.42. The molecule has 2 saturated carbocycles. The summed E-state index contributed by atoms with van der Waals surface area (Å²) in [6.45, 7) is 6.24. The molecule has 2 aliphatic carbocycles. The number of hydrogen-bond acceptors (Lipinski definition) is 2. The smallest absolute Gasteiger partial charge is 0.204 e. The highest BCUT2D eigenvalue weighted by atomic mass is 19.2. The van der Waals surface area contributed by atoms with Gasteiger partial charge in [-0.3, -0.25) is 0 Å². The monoisotopic (exact) mass is 418 g/mol. The van der Waals surface area contributed by atoms with Gasteiger partial charge in [-0.1, -0.05) is 6.08 Å². The molecule has 2 fully saturated rings. The standard InChI is InChI=1S/C26H36F2O2/c1-3-4-18-6-11-20(12-7-18)21-13-8-19(9-14-21)16-29-23-15-22-10-5-17(2)30-26(22)25(28)24(23)27/h3,15,17-21H,1,4-14,16H2,2H3. The summed E-state index contributed by atoms with van der Waals surface area (Å²) in [5.41, 5.74) is 0.720. The third-order valence-corrected chi connectivity index (χ3v) is 7.77. The van der Waals surface area contributed by atoms with Crippen LogP contribution >= 0.6 is 0 Å². The predicted octanol–water partition coefficient (Wildman–Crippen LogP) is 7.25. The molecule has 1 aromatic rings. The van der Waals surface area contributed by atoms with Crippen molar-refractivity contribution in [3.8, 4) is 11.5 Å². The summed E-state index contributed by atoms with van der Waals surface area (Å²) in [5.74, 6) is 1.31. The van der Waals surface area contributed by atoms with E-state index in [0.717, 1.165) is 42.6 Å². The molecule has 0 N–H and O–H groups in total. The van der Waals surface area contributed by atoms with Gasteiger partial charge in [0.05, 0.1) is 12.7 Å². The largest absolute Gasteiger partial charge is 0.490 e. The van der Waals surface area contributed by atoms with Gasteiger partial charge in [0.1, 0.15) is 0 Å². The summed E-state index contributed by atoms with van der Waals surface area (Å²) in [6, 6.07) is 1.65. The molecule has 0 radical (unpaired) electrons. The molecule has 30 heavy (non-hydrogen) atoms. The fourth-order valence-corrected chi connectivity index (χ4v) is 5.84. The quantitative estimate of drug-likeness (QED) is 0.453. The van der Waals surface area contributed by atoms with Crippen LogP contribution in [0.25, 0.3) is 0 Å². The van der Waals surface area contributed by atoms with Crippen LogP contribution < -0.4 is 9.47 Å². The molecule has 1 aliphatic heterocycles. The lowest BCUT2D eigenvalue weighted by Gasteiger charge is -2.37. The van der Waals surface area contributed by atoms with Crippen molar-refractivity contribution in [2.24, 2.45) is 23.7 Å². The summed E-state index contributed by atoms with van der Waals surface area (Å²) in [7, 11) is 0. The van der Waals surface area contributed by atoms with Crippen LogP contribution in [-0.4, -0.2) is 12.7 Å². The van der Waals surface area contributed by atoms with Crippen molar-refractivity contribution in [1.82, 2.24) is 0 Å². The zero-order valence-electron chi connectivity index (χ0n) is 18.3. The molecule has 1 aromatic carbocycles. The SMILES string of the molecule is C=CCC1CCC(C2CCC(COc3cc4c(c(F)c3F)OC(C)CC4)CC2)CC1. The number of allylic oxidation sites excluding steroid dienone is 1. The van der Waals surface area contributed by atoms with Crippen molar-refractivity contribution in [3.63, 3.8) is 0 Å². The van der Waals surface area contributed by atoms with Crippen LogP contribution in [0.3, 0.4) is 0 Å². The van der Waals surface area contributed by atoms with Crippen molar-refractivity contribution in [3.05, 3.63) is 35.9 Å². The highest BCUT2D eigenvalue weighted by Gasteiger charge is 2.31. The van der Waals surface area contributed by atoms with Crippen LogP contribution in [0.5, 0.6) is 11.5 Å². The molecule has 0 bridgehead atoms. The second-order valence-electron chi connectivity index (χ2n) is 9.86. The van der Waals surface area contributed by atoms with E-state index >= 15 is 0 Å². The first-order chi connectivity index (χ1) is 14.5. The number of aryl methyl sites for hydroxylation is 1. The molecule has 0 amide bonds. The molecule has 166 valence electrons. The van der Waals surface area contributed by atoms with Gasteiger partial charge in [-0.15, -0.1) is 6.58 Å². The zero-order chi connectivity index (χ0) is 21.1. The summed E-state index contributed by atoms with van der Waals surface area (Å²) in [4.78, 5) is 0. The van der Waals surface area contributed by atoms with Crippen LogP contribution in [-0.2, 0) is 6.42 Å². The summed E-state index contributed by atoms with van der Waals surface area (Å²) < 4.78 is 40.2. The van der Waals surface area contributed by atoms with Gasteiger partial charge in [0, 0.05) is 5.56 Å². The van der Waals surface area contributed by atoms with Crippen LogP contribution in [0, 0.1) is 35.3 Å². The normalized spacial score (nSPS) is 31.5. The Morgan fingerprint density at radius 1 is 0.967 bits per heavy atom. The Hall–Kier alpha value is -1.58. The molecular weight excluding hydrogens is 382 g/mol.